The Hall–Kier alpha value is -0.980. The molecule has 0 amide bonds. The van der Waals surface area contributed by atoms with Gasteiger partial charge in [0.2, 0.25) is 0 Å². The van der Waals surface area contributed by atoms with E-state index in [9.17, 15) is 5.11 Å². The summed E-state index contributed by atoms with van der Waals surface area (Å²) in [6.07, 6.45) is 2.66. The number of hydrogen-bond donors (Lipinski definition) is 1. The van der Waals surface area contributed by atoms with Crippen LogP contribution in [0.2, 0.25) is 0 Å². The Morgan fingerprint density at radius 3 is 2.58 bits per heavy atom. The van der Waals surface area contributed by atoms with Gasteiger partial charge in [0.05, 0.1) is 0 Å². The second-order valence-electron chi connectivity index (χ2n) is 3.68. The van der Waals surface area contributed by atoms with Crippen LogP contribution in [0.15, 0.2) is 24.3 Å². The molecule has 0 aliphatic heterocycles. The monoisotopic (exact) mass is 162 g/mol. The van der Waals surface area contributed by atoms with Crippen LogP contribution in [0, 0.1) is 5.92 Å². The maximum Gasteiger partial charge on any atom is 0.119 e. The summed E-state index contributed by atoms with van der Waals surface area (Å²) in [6, 6.07) is 7.67. The predicted octanol–water partition coefficient (Wildman–Crippen LogP) is 2.91. The van der Waals surface area contributed by atoms with Crippen LogP contribution in [0.5, 0.6) is 5.75 Å². The number of phenolic OH excluding ortho intramolecular Hbond substituents is 1. The quantitative estimate of drug-likeness (QED) is 0.709. The van der Waals surface area contributed by atoms with Crippen molar-refractivity contribution in [3.8, 4) is 5.75 Å². The molecule has 0 saturated heterocycles. The zero-order valence-corrected chi connectivity index (χ0v) is 7.33. The minimum Gasteiger partial charge on any atom is -0.508 e. The SMILES string of the molecule is C[C@@H](c1ccccc1O)C1CC1. The summed E-state index contributed by atoms with van der Waals surface area (Å²) in [6.45, 7) is 2.20. The lowest BCUT2D eigenvalue weighted by atomic mass is 9.96. The average Bonchev–Trinajstić information content (AvgIpc) is 2.86. The fraction of sp³-hybridized carbons (Fsp3) is 0.455. The van der Waals surface area contributed by atoms with Gasteiger partial charge < -0.3 is 5.11 Å². The Balaban J connectivity index is 2.25. The molecule has 0 aromatic heterocycles. The van der Waals surface area contributed by atoms with E-state index >= 15 is 0 Å². The predicted molar refractivity (Wildman–Crippen MR) is 49.2 cm³/mol. The molecular formula is C11H14O. The molecule has 1 aromatic rings. The van der Waals surface area contributed by atoms with Gasteiger partial charge in [-0.2, -0.15) is 0 Å². The largest absolute Gasteiger partial charge is 0.508 e. The lowest BCUT2D eigenvalue weighted by Crippen LogP contribution is -1.95. The molecule has 1 aromatic carbocycles. The molecule has 1 N–H and O–H groups in total. The van der Waals surface area contributed by atoms with Crippen molar-refractivity contribution in [1.82, 2.24) is 0 Å². The van der Waals surface area contributed by atoms with Gasteiger partial charge >= 0.3 is 0 Å². The van der Waals surface area contributed by atoms with Crippen LogP contribution in [-0.4, -0.2) is 5.11 Å². The Morgan fingerprint density at radius 2 is 2.00 bits per heavy atom. The molecule has 1 saturated carbocycles. The second kappa shape index (κ2) is 2.81. The van der Waals surface area contributed by atoms with E-state index in [-0.39, 0.29) is 0 Å². The van der Waals surface area contributed by atoms with Crippen LogP contribution in [0.1, 0.15) is 31.2 Å². The number of aromatic hydroxyl groups is 1. The minimum absolute atomic E-state index is 0.455. The summed E-state index contributed by atoms with van der Waals surface area (Å²) < 4.78 is 0. The summed E-state index contributed by atoms with van der Waals surface area (Å²) in [4.78, 5) is 0. The van der Waals surface area contributed by atoms with Crippen molar-refractivity contribution in [1.29, 1.82) is 0 Å². The van der Waals surface area contributed by atoms with E-state index in [2.05, 4.69) is 6.92 Å². The number of rotatable bonds is 2. The first-order valence-corrected chi connectivity index (χ1v) is 4.57. The van der Waals surface area contributed by atoms with Gasteiger partial charge in [-0.25, -0.2) is 0 Å². The Bertz CT molecular complexity index is 276. The third-order valence-corrected chi connectivity index (χ3v) is 2.76. The second-order valence-corrected chi connectivity index (χ2v) is 3.68. The Morgan fingerprint density at radius 1 is 1.33 bits per heavy atom. The molecule has 0 spiro atoms. The summed E-state index contributed by atoms with van der Waals surface area (Å²) in [7, 11) is 0. The average molecular weight is 162 g/mol. The summed E-state index contributed by atoms with van der Waals surface area (Å²) >= 11 is 0. The van der Waals surface area contributed by atoms with Crippen LogP contribution in [0.3, 0.4) is 0 Å². The molecule has 0 unspecified atom stereocenters. The van der Waals surface area contributed by atoms with E-state index < -0.39 is 0 Å². The molecular weight excluding hydrogens is 148 g/mol. The van der Waals surface area contributed by atoms with E-state index in [0.717, 1.165) is 11.5 Å². The molecule has 0 bridgehead atoms. The van der Waals surface area contributed by atoms with Crippen molar-refractivity contribution in [3.63, 3.8) is 0 Å². The molecule has 1 aliphatic rings. The highest BCUT2D eigenvalue weighted by atomic mass is 16.3. The number of hydrogen-bond acceptors (Lipinski definition) is 1. The first-order chi connectivity index (χ1) is 5.79. The van der Waals surface area contributed by atoms with Gasteiger partial charge in [-0.15, -0.1) is 0 Å². The van der Waals surface area contributed by atoms with E-state index in [0.29, 0.717) is 11.7 Å². The molecule has 12 heavy (non-hydrogen) atoms. The molecule has 1 aliphatic carbocycles. The third kappa shape index (κ3) is 1.31. The molecule has 0 radical (unpaired) electrons. The highest BCUT2D eigenvalue weighted by molar-refractivity contribution is 5.35. The number of benzene rings is 1. The van der Waals surface area contributed by atoms with Crippen LogP contribution < -0.4 is 0 Å². The van der Waals surface area contributed by atoms with Crippen LogP contribution in [0.4, 0.5) is 0 Å². The van der Waals surface area contributed by atoms with Gasteiger partial charge in [0, 0.05) is 0 Å². The first kappa shape index (κ1) is 7.66. The molecule has 64 valence electrons. The Kier molecular flexibility index (Phi) is 1.80. The summed E-state index contributed by atoms with van der Waals surface area (Å²) in [5.41, 5.74) is 1.11. The van der Waals surface area contributed by atoms with E-state index in [4.69, 9.17) is 0 Å². The lowest BCUT2D eigenvalue weighted by Gasteiger charge is -2.11. The van der Waals surface area contributed by atoms with Gasteiger partial charge in [-0.05, 0) is 36.3 Å². The molecule has 1 fully saturated rings. The van der Waals surface area contributed by atoms with E-state index in [1.165, 1.54) is 12.8 Å². The van der Waals surface area contributed by atoms with Crippen LogP contribution >= 0.6 is 0 Å². The maximum absolute atomic E-state index is 9.56. The smallest absolute Gasteiger partial charge is 0.119 e. The van der Waals surface area contributed by atoms with E-state index in [1.807, 2.05) is 18.2 Å². The van der Waals surface area contributed by atoms with Crippen LogP contribution in [-0.2, 0) is 0 Å². The zero-order valence-electron chi connectivity index (χ0n) is 7.33. The molecule has 1 heteroatoms. The van der Waals surface area contributed by atoms with Crippen molar-refractivity contribution in [2.24, 2.45) is 5.92 Å². The maximum atomic E-state index is 9.56. The number of para-hydroxylation sites is 1. The van der Waals surface area contributed by atoms with Crippen molar-refractivity contribution >= 4 is 0 Å². The fourth-order valence-corrected chi connectivity index (χ4v) is 1.72. The normalized spacial score (nSPS) is 19.1. The Labute approximate surface area is 73.0 Å². The number of phenols is 1. The van der Waals surface area contributed by atoms with Crippen molar-refractivity contribution in [2.45, 2.75) is 25.7 Å². The van der Waals surface area contributed by atoms with Gasteiger partial charge in [0.15, 0.2) is 0 Å². The van der Waals surface area contributed by atoms with E-state index in [1.54, 1.807) is 6.07 Å². The van der Waals surface area contributed by atoms with Gasteiger partial charge in [0.1, 0.15) is 5.75 Å². The van der Waals surface area contributed by atoms with Crippen molar-refractivity contribution in [2.75, 3.05) is 0 Å². The lowest BCUT2D eigenvalue weighted by molar-refractivity contribution is 0.458. The highest BCUT2D eigenvalue weighted by Gasteiger charge is 2.29. The summed E-state index contributed by atoms with van der Waals surface area (Å²) in [5, 5.41) is 9.56. The van der Waals surface area contributed by atoms with Gasteiger partial charge in [-0.1, -0.05) is 25.1 Å². The minimum atomic E-state index is 0.455. The highest BCUT2D eigenvalue weighted by Crippen LogP contribution is 2.44. The van der Waals surface area contributed by atoms with Crippen molar-refractivity contribution in [3.05, 3.63) is 29.8 Å². The first-order valence-electron chi connectivity index (χ1n) is 4.57. The molecule has 1 nitrogen and oxygen atoms in total. The van der Waals surface area contributed by atoms with Gasteiger partial charge in [0.25, 0.3) is 0 Å². The molecule has 2 rings (SSSR count). The standard InChI is InChI=1S/C11H14O/c1-8(9-6-7-9)10-4-2-3-5-11(10)12/h2-5,8-9,12H,6-7H2,1H3/t8-/m1/s1. The molecule has 1 atom stereocenters. The summed E-state index contributed by atoms with van der Waals surface area (Å²) in [5.74, 6) is 1.81. The third-order valence-electron chi connectivity index (χ3n) is 2.76. The molecule has 0 heterocycles. The fourth-order valence-electron chi connectivity index (χ4n) is 1.72. The topological polar surface area (TPSA) is 20.2 Å². The van der Waals surface area contributed by atoms with Crippen molar-refractivity contribution < 1.29 is 5.11 Å². The zero-order chi connectivity index (χ0) is 8.55. The van der Waals surface area contributed by atoms with Crippen LogP contribution in [0.25, 0.3) is 0 Å². The van der Waals surface area contributed by atoms with Gasteiger partial charge in [-0.3, -0.25) is 0 Å².